The van der Waals surface area contributed by atoms with Crippen molar-refractivity contribution in [2.45, 2.75) is 13.5 Å². The van der Waals surface area contributed by atoms with Gasteiger partial charge in [-0.05, 0) is 29.2 Å². The summed E-state index contributed by atoms with van der Waals surface area (Å²) < 4.78 is 16.0. The Kier molecular flexibility index (Phi) is 5.14. The van der Waals surface area contributed by atoms with Crippen LogP contribution in [-0.4, -0.2) is 24.2 Å². The lowest BCUT2D eigenvalue weighted by molar-refractivity contribution is 0.265. The molecule has 0 fully saturated rings. The van der Waals surface area contributed by atoms with Crippen LogP contribution in [-0.2, 0) is 6.61 Å². The van der Waals surface area contributed by atoms with Gasteiger partial charge in [0.1, 0.15) is 6.61 Å². The summed E-state index contributed by atoms with van der Waals surface area (Å²) >= 11 is 0. The number of aromatic nitrogens is 2. The van der Waals surface area contributed by atoms with Gasteiger partial charge in [0.15, 0.2) is 0 Å². The van der Waals surface area contributed by atoms with Gasteiger partial charge in [-0.2, -0.15) is 9.97 Å². The molecule has 0 amide bonds. The maximum Gasteiger partial charge on any atom is 0.323 e. The van der Waals surface area contributed by atoms with Gasteiger partial charge in [0, 0.05) is 0 Å². The normalized spacial score (nSPS) is 10.4. The van der Waals surface area contributed by atoms with E-state index in [1.165, 1.54) is 16.7 Å². The topological polar surface area (TPSA) is 53.5 Å². The highest BCUT2D eigenvalue weighted by Crippen LogP contribution is 2.26. The molecule has 5 nitrogen and oxygen atoms in total. The number of nitrogens with zero attached hydrogens (tertiary/aromatic N) is 2. The van der Waals surface area contributed by atoms with Gasteiger partial charge < -0.3 is 14.2 Å². The monoisotopic (exact) mass is 336 g/mol. The molecule has 0 bridgehead atoms. The maximum absolute atomic E-state index is 5.77. The molecule has 25 heavy (non-hydrogen) atoms. The second-order valence-corrected chi connectivity index (χ2v) is 5.48. The van der Waals surface area contributed by atoms with Crippen molar-refractivity contribution >= 4 is 0 Å². The number of hydrogen-bond acceptors (Lipinski definition) is 5. The molecule has 0 atom stereocenters. The van der Waals surface area contributed by atoms with E-state index in [1.54, 1.807) is 20.3 Å². The molecule has 3 rings (SSSR count). The zero-order valence-corrected chi connectivity index (χ0v) is 14.5. The van der Waals surface area contributed by atoms with Crippen LogP contribution in [0.1, 0.15) is 11.1 Å². The lowest BCUT2D eigenvalue weighted by Gasteiger charge is -2.12. The zero-order chi connectivity index (χ0) is 17.6. The summed E-state index contributed by atoms with van der Waals surface area (Å²) in [6.45, 7) is 2.46. The zero-order valence-electron chi connectivity index (χ0n) is 14.5. The molecule has 128 valence electrons. The second-order valence-electron chi connectivity index (χ2n) is 5.48. The van der Waals surface area contributed by atoms with Crippen molar-refractivity contribution in [3.63, 3.8) is 0 Å². The third kappa shape index (κ3) is 3.88. The van der Waals surface area contributed by atoms with Crippen LogP contribution < -0.4 is 14.2 Å². The molecular weight excluding hydrogens is 316 g/mol. The summed E-state index contributed by atoms with van der Waals surface area (Å²) in [4.78, 5) is 8.38. The van der Waals surface area contributed by atoms with E-state index in [0.29, 0.717) is 18.4 Å². The summed E-state index contributed by atoms with van der Waals surface area (Å²) in [5, 5.41) is 0. The van der Waals surface area contributed by atoms with Crippen LogP contribution in [0.25, 0.3) is 11.1 Å². The Balaban J connectivity index is 1.83. The lowest BCUT2D eigenvalue weighted by Crippen LogP contribution is -2.04. The number of benzene rings is 2. The molecule has 0 saturated heterocycles. The van der Waals surface area contributed by atoms with E-state index in [4.69, 9.17) is 14.2 Å². The molecule has 0 spiro atoms. The minimum Gasteiger partial charge on any atom is -0.481 e. The van der Waals surface area contributed by atoms with Gasteiger partial charge in [-0.25, -0.2) is 0 Å². The average molecular weight is 336 g/mol. The number of hydrogen-bond donors (Lipinski definition) is 0. The van der Waals surface area contributed by atoms with E-state index >= 15 is 0 Å². The van der Waals surface area contributed by atoms with Crippen molar-refractivity contribution < 1.29 is 14.2 Å². The van der Waals surface area contributed by atoms with Gasteiger partial charge in [-0.1, -0.05) is 48.5 Å². The van der Waals surface area contributed by atoms with Crippen LogP contribution in [0.5, 0.6) is 17.8 Å². The molecule has 0 saturated carbocycles. The Bertz CT molecular complexity index is 829. The summed E-state index contributed by atoms with van der Waals surface area (Å²) in [6, 6.07) is 18.3. The van der Waals surface area contributed by atoms with Crippen LogP contribution in [0, 0.1) is 6.92 Å². The lowest BCUT2D eigenvalue weighted by atomic mass is 9.97. The van der Waals surface area contributed by atoms with Gasteiger partial charge in [0.25, 0.3) is 0 Å². The van der Waals surface area contributed by atoms with Crippen LogP contribution in [0.3, 0.4) is 0 Å². The fraction of sp³-hybridized carbons (Fsp3) is 0.200. The minimum atomic E-state index is 0.223. The maximum atomic E-state index is 5.77. The highest BCUT2D eigenvalue weighted by molar-refractivity contribution is 5.68. The molecule has 0 aliphatic rings. The Hall–Kier alpha value is -3.08. The van der Waals surface area contributed by atoms with E-state index in [-0.39, 0.29) is 6.01 Å². The third-order valence-electron chi connectivity index (χ3n) is 3.96. The van der Waals surface area contributed by atoms with Crippen molar-refractivity contribution in [2.24, 2.45) is 0 Å². The SMILES string of the molecule is COc1cc(OC)nc(OCc2cccc(-c3ccccc3)c2C)n1. The summed E-state index contributed by atoms with van der Waals surface area (Å²) in [5.41, 5.74) is 4.61. The molecule has 3 aromatic rings. The highest BCUT2D eigenvalue weighted by Gasteiger charge is 2.10. The largest absolute Gasteiger partial charge is 0.481 e. The molecule has 1 aromatic heterocycles. The quantitative estimate of drug-likeness (QED) is 0.680. The molecule has 0 unspecified atom stereocenters. The van der Waals surface area contributed by atoms with Crippen molar-refractivity contribution in [1.82, 2.24) is 9.97 Å². The highest BCUT2D eigenvalue weighted by atomic mass is 16.5. The van der Waals surface area contributed by atoms with Gasteiger partial charge in [-0.3, -0.25) is 0 Å². The van der Waals surface area contributed by atoms with Crippen LogP contribution in [0.4, 0.5) is 0 Å². The fourth-order valence-corrected chi connectivity index (χ4v) is 2.57. The Labute approximate surface area is 147 Å². The van der Waals surface area contributed by atoms with Crippen molar-refractivity contribution in [3.05, 3.63) is 65.7 Å². The average Bonchev–Trinajstić information content (AvgIpc) is 2.67. The summed E-state index contributed by atoms with van der Waals surface area (Å²) in [7, 11) is 3.08. The Morgan fingerprint density at radius 2 is 1.52 bits per heavy atom. The van der Waals surface area contributed by atoms with Gasteiger partial charge in [-0.15, -0.1) is 0 Å². The fourth-order valence-electron chi connectivity index (χ4n) is 2.57. The molecule has 2 aromatic carbocycles. The first-order valence-corrected chi connectivity index (χ1v) is 7.95. The molecule has 0 radical (unpaired) electrons. The predicted molar refractivity (Wildman–Crippen MR) is 96.1 cm³/mol. The predicted octanol–water partition coefficient (Wildman–Crippen LogP) is 4.05. The molecular formula is C20H20N2O3. The van der Waals surface area contributed by atoms with Crippen molar-refractivity contribution in [2.75, 3.05) is 14.2 Å². The van der Waals surface area contributed by atoms with E-state index in [2.05, 4.69) is 35.1 Å². The molecule has 0 aliphatic heterocycles. The van der Waals surface area contributed by atoms with Gasteiger partial charge in [0.2, 0.25) is 11.8 Å². The van der Waals surface area contributed by atoms with Crippen molar-refractivity contribution in [1.29, 1.82) is 0 Å². The number of ether oxygens (including phenoxy) is 3. The van der Waals surface area contributed by atoms with E-state index < -0.39 is 0 Å². The number of rotatable bonds is 6. The standard InChI is InChI=1S/C20H20N2O3/c1-14-16(10-7-11-17(14)15-8-5-4-6-9-15)13-25-20-21-18(23-2)12-19(22-20)24-3/h4-12H,13H2,1-3H3. The van der Waals surface area contributed by atoms with Crippen LogP contribution in [0.2, 0.25) is 0 Å². The van der Waals surface area contributed by atoms with Gasteiger partial charge >= 0.3 is 6.01 Å². The Morgan fingerprint density at radius 3 is 2.16 bits per heavy atom. The van der Waals surface area contributed by atoms with Crippen LogP contribution in [0.15, 0.2) is 54.6 Å². The first-order valence-electron chi connectivity index (χ1n) is 7.95. The van der Waals surface area contributed by atoms with Crippen LogP contribution >= 0.6 is 0 Å². The molecule has 5 heteroatoms. The second kappa shape index (κ2) is 7.66. The molecule has 1 heterocycles. The van der Waals surface area contributed by atoms with Crippen molar-refractivity contribution in [3.8, 4) is 28.9 Å². The summed E-state index contributed by atoms with van der Waals surface area (Å²) in [6.07, 6.45) is 0. The third-order valence-corrected chi connectivity index (χ3v) is 3.96. The number of methoxy groups -OCH3 is 2. The van der Waals surface area contributed by atoms with E-state index in [0.717, 1.165) is 5.56 Å². The molecule has 0 N–H and O–H groups in total. The first-order chi connectivity index (χ1) is 12.2. The molecule has 0 aliphatic carbocycles. The smallest absolute Gasteiger partial charge is 0.323 e. The first kappa shape index (κ1) is 16.8. The van der Waals surface area contributed by atoms with E-state index in [9.17, 15) is 0 Å². The van der Waals surface area contributed by atoms with E-state index in [1.807, 2.05) is 30.3 Å². The Morgan fingerprint density at radius 1 is 0.840 bits per heavy atom. The van der Waals surface area contributed by atoms with Gasteiger partial charge in [0.05, 0.1) is 20.3 Å². The minimum absolute atomic E-state index is 0.223. The summed E-state index contributed by atoms with van der Waals surface area (Å²) in [5.74, 6) is 0.799.